The van der Waals surface area contributed by atoms with E-state index in [9.17, 15) is 4.79 Å². The van der Waals surface area contributed by atoms with Crippen molar-refractivity contribution in [1.29, 1.82) is 0 Å². The number of fused-ring (bicyclic) bond motifs is 1. The van der Waals surface area contributed by atoms with Crippen LogP contribution in [-0.4, -0.2) is 42.1 Å². The topological polar surface area (TPSA) is 41.6 Å². The molecule has 1 aromatic carbocycles. The van der Waals surface area contributed by atoms with Crippen LogP contribution in [0.1, 0.15) is 43.7 Å². The van der Waals surface area contributed by atoms with Crippen molar-refractivity contribution in [3.63, 3.8) is 0 Å². The molecular weight excluding hydrogens is 288 g/mol. The van der Waals surface area contributed by atoms with E-state index < -0.39 is 0 Å². The van der Waals surface area contributed by atoms with Gasteiger partial charge in [0, 0.05) is 12.6 Å². The first-order valence-electron chi connectivity index (χ1n) is 8.75. The summed E-state index contributed by atoms with van der Waals surface area (Å²) < 4.78 is 5.90. The zero-order valence-electron chi connectivity index (χ0n) is 14.5. The fraction of sp³-hybridized carbons (Fsp3) is 0.632. The molecule has 1 amide bonds. The number of nitrogens with zero attached hydrogens (tertiary/aromatic N) is 1. The summed E-state index contributed by atoms with van der Waals surface area (Å²) in [6.45, 7) is 8.34. The predicted molar refractivity (Wildman–Crippen MR) is 91.8 cm³/mol. The molecule has 4 nitrogen and oxygen atoms in total. The van der Waals surface area contributed by atoms with Crippen molar-refractivity contribution in [2.45, 2.75) is 58.0 Å². The third-order valence-electron chi connectivity index (χ3n) is 5.54. The number of carbonyl (C=O) groups is 1. The maximum Gasteiger partial charge on any atom is 0.261 e. The van der Waals surface area contributed by atoms with Crippen LogP contribution in [0.3, 0.4) is 0 Å². The number of hydrogen-bond acceptors (Lipinski definition) is 3. The average molecular weight is 316 g/mol. The van der Waals surface area contributed by atoms with Gasteiger partial charge >= 0.3 is 0 Å². The molecule has 0 radical (unpaired) electrons. The smallest absolute Gasteiger partial charge is 0.261 e. The number of nitrogens with one attached hydrogen (secondary N) is 1. The summed E-state index contributed by atoms with van der Waals surface area (Å²) in [5.74, 6) is 0.963. The lowest BCUT2D eigenvalue weighted by atomic mass is 9.77. The highest BCUT2D eigenvalue weighted by molar-refractivity contribution is 5.79. The molecule has 4 heteroatoms. The van der Waals surface area contributed by atoms with E-state index >= 15 is 0 Å². The second kappa shape index (κ2) is 6.52. The molecule has 2 heterocycles. The number of carbonyl (C=O) groups excluding carboxylic acids is 1. The molecule has 2 atom stereocenters. The van der Waals surface area contributed by atoms with E-state index in [0.717, 1.165) is 55.6 Å². The minimum atomic E-state index is -0.0578. The molecule has 0 spiro atoms. The van der Waals surface area contributed by atoms with Crippen LogP contribution in [0.25, 0.3) is 0 Å². The molecule has 126 valence electrons. The molecule has 1 N–H and O–H groups in total. The van der Waals surface area contributed by atoms with Crippen molar-refractivity contribution in [1.82, 2.24) is 10.2 Å². The van der Waals surface area contributed by atoms with Crippen LogP contribution in [-0.2, 0) is 4.79 Å². The summed E-state index contributed by atoms with van der Waals surface area (Å²) in [6.07, 6.45) is 4.45. The Morgan fingerprint density at radius 3 is 2.83 bits per heavy atom. The highest BCUT2D eigenvalue weighted by Crippen LogP contribution is 2.35. The molecule has 2 aliphatic rings. The molecule has 3 rings (SSSR count). The van der Waals surface area contributed by atoms with Gasteiger partial charge in [-0.3, -0.25) is 4.79 Å². The fourth-order valence-corrected chi connectivity index (χ4v) is 4.21. The van der Waals surface area contributed by atoms with Gasteiger partial charge in [-0.1, -0.05) is 18.2 Å². The predicted octanol–water partition coefficient (Wildman–Crippen LogP) is 2.82. The third kappa shape index (κ3) is 3.09. The van der Waals surface area contributed by atoms with E-state index in [1.165, 1.54) is 0 Å². The Morgan fingerprint density at radius 1 is 1.35 bits per heavy atom. The van der Waals surface area contributed by atoms with E-state index in [2.05, 4.69) is 17.1 Å². The first kappa shape index (κ1) is 16.3. The van der Waals surface area contributed by atoms with Gasteiger partial charge in [-0.2, -0.15) is 0 Å². The Kier molecular flexibility index (Phi) is 4.62. The summed E-state index contributed by atoms with van der Waals surface area (Å²) >= 11 is 0. The lowest BCUT2D eigenvalue weighted by Crippen LogP contribution is -2.67. The van der Waals surface area contributed by atoms with Crippen molar-refractivity contribution in [3.8, 4) is 5.75 Å². The minimum absolute atomic E-state index is 0.0578. The molecule has 0 bridgehead atoms. The van der Waals surface area contributed by atoms with Gasteiger partial charge in [0.15, 0.2) is 6.61 Å². The number of aryl methyl sites for hydroxylation is 2. The molecule has 2 fully saturated rings. The van der Waals surface area contributed by atoms with Crippen LogP contribution >= 0.6 is 0 Å². The van der Waals surface area contributed by atoms with E-state index in [1.807, 2.05) is 32.0 Å². The number of amides is 1. The molecule has 0 aliphatic carbocycles. The minimum Gasteiger partial charge on any atom is -0.483 e. The lowest BCUT2D eigenvalue weighted by Gasteiger charge is -2.53. The molecule has 0 aromatic heterocycles. The van der Waals surface area contributed by atoms with Crippen LogP contribution in [0.5, 0.6) is 5.75 Å². The molecule has 23 heavy (non-hydrogen) atoms. The van der Waals surface area contributed by atoms with Crippen LogP contribution in [0.2, 0.25) is 0 Å². The summed E-state index contributed by atoms with van der Waals surface area (Å²) in [5.41, 5.74) is 2.11. The molecular formula is C19H28N2O2. The van der Waals surface area contributed by atoms with Crippen molar-refractivity contribution in [3.05, 3.63) is 29.3 Å². The Morgan fingerprint density at radius 2 is 2.09 bits per heavy atom. The van der Waals surface area contributed by atoms with Gasteiger partial charge in [0.2, 0.25) is 0 Å². The van der Waals surface area contributed by atoms with Gasteiger partial charge < -0.3 is 15.0 Å². The van der Waals surface area contributed by atoms with E-state index in [1.54, 1.807) is 0 Å². The molecule has 2 aliphatic heterocycles. The number of ether oxygens (including phenoxy) is 1. The average Bonchev–Trinajstić information content (AvgIpc) is 2.53. The fourth-order valence-electron chi connectivity index (χ4n) is 4.21. The summed E-state index contributed by atoms with van der Waals surface area (Å²) in [4.78, 5) is 14.9. The second-order valence-electron chi connectivity index (χ2n) is 7.16. The van der Waals surface area contributed by atoms with Crippen LogP contribution in [0, 0.1) is 13.8 Å². The molecule has 1 aromatic rings. The van der Waals surface area contributed by atoms with Gasteiger partial charge in [-0.05, 0) is 64.1 Å². The van der Waals surface area contributed by atoms with Gasteiger partial charge in [0.1, 0.15) is 5.75 Å². The van der Waals surface area contributed by atoms with E-state index in [0.29, 0.717) is 6.04 Å². The number of rotatable bonds is 3. The zero-order chi connectivity index (χ0) is 16.4. The lowest BCUT2D eigenvalue weighted by molar-refractivity contribution is -0.144. The first-order chi connectivity index (χ1) is 11.0. The Balaban J connectivity index is 1.70. The quantitative estimate of drug-likeness (QED) is 0.932. The number of para-hydroxylation sites is 1. The van der Waals surface area contributed by atoms with Crippen molar-refractivity contribution in [2.75, 3.05) is 19.7 Å². The molecule has 0 unspecified atom stereocenters. The van der Waals surface area contributed by atoms with Gasteiger partial charge in [0.25, 0.3) is 5.91 Å². The summed E-state index contributed by atoms with van der Waals surface area (Å²) in [6, 6.07) is 6.49. The van der Waals surface area contributed by atoms with E-state index in [-0.39, 0.29) is 18.1 Å². The molecule has 2 saturated heterocycles. The molecule has 0 saturated carbocycles. The standard InChI is InChI=1S/C19H28N2O2/c1-14-7-4-8-15(2)18(14)23-13-17(22)21-12-5-9-16-19(21,3)10-6-11-20-16/h4,7-8,16,20H,5-6,9-13H2,1-3H3/t16-,19+/m1/s1. The second-order valence-corrected chi connectivity index (χ2v) is 7.16. The van der Waals surface area contributed by atoms with Crippen molar-refractivity contribution < 1.29 is 9.53 Å². The number of piperidine rings is 2. The summed E-state index contributed by atoms with van der Waals surface area (Å²) in [7, 11) is 0. The number of hydrogen-bond donors (Lipinski definition) is 1. The monoisotopic (exact) mass is 316 g/mol. The van der Waals surface area contributed by atoms with Gasteiger partial charge in [-0.15, -0.1) is 0 Å². The van der Waals surface area contributed by atoms with Gasteiger partial charge in [-0.25, -0.2) is 0 Å². The Hall–Kier alpha value is -1.55. The number of benzene rings is 1. The maximum absolute atomic E-state index is 12.8. The maximum atomic E-state index is 12.8. The zero-order valence-corrected chi connectivity index (χ0v) is 14.5. The summed E-state index contributed by atoms with van der Waals surface area (Å²) in [5, 5.41) is 3.60. The van der Waals surface area contributed by atoms with Crippen molar-refractivity contribution >= 4 is 5.91 Å². The van der Waals surface area contributed by atoms with Crippen LogP contribution < -0.4 is 10.1 Å². The highest BCUT2D eigenvalue weighted by Gasteiger charge is 2.45. The highest BCUT2D eigenvalue weighted by atomic mass is 16.5. The van der Waals surface area contributed by atoms with Crippen molar-refractivity contribution in [2.24, 2.45) is 0 Å². The Labute approximate surface area is 139 Å². The Bertz CT molecular complexity index is 564. The third-order valence-corrected chi connectivity index (χ3v) is 5.54. The van der Waals surface area contributed by atoms with Crippen LogP contribution in [0.15, 0.2) is 18.2 Å². The van der Waals surface area contributed by atoms with Gasteiger partial charge in [0.05, 0.1) is 5.54 Å². The number of likely N-dealkylation sites (tertiary alicyclic amines) is 1. The first-order valence-corrected chi connectivity index (χ1v) is 8.75. The largest absolute Gasteiger partial charge is 0.483 e. The van der Waals surface area contributed by atoms with Crippen LogP contribution in [0.4, 0.5) is 0 Å². The SMILES string of the molecule is Cc1cccc(C)c1OCC(=O)N1CCC[C@H]2NCCC[C@@]21C. The normalized spacial score (nSPS) is 27.4. The van der Waals surface area contributed by atoms with E-state index in [4.69, 9.17) is 4.74 Å².